The van der Waals surface area contributed by atoms with Gasteiger partial charge in [-0.05, 0) is 56.9 Å². The topological polar surface area (TPSA) is 104 Å². The fourth-order valence-corrected chi connectivity index (χ4v) is 6.87. The number of aryl methyl sites for hydroxylation is 1. The number of nitrogens with zero attached hydrogens (tertiary/aromatic N) is 5. The van der Waals surface area contributed by atoms with Gasteiger partial charge in [0.25, 0.3) is 0 Å². The number of rotatable bonds is 5. The molecule has 2 aromatic heterocycles. The van der Waals surface area contributed by atoms with E-state index in [1.807, 2.05) is 0 Å². The van der Waals surface area contributed by atoms with Crippen molar-refractivity contribution in [2.75, 3.05) is 22.6 Å². The van der Waals surface area contributed by atoms with Crippen molar-refractivity contribution >= 4 is 39.7 Å². The van der Waals surface area contributed by atoms with Gasteiger partial charge in [0.15, 0.2) is 5.82 Å². The number of aromatic nitrogens is 4. The second-order valence-electron chi connectivity index (χ2n) is 9.56. The van der Waals surface area contributed by atoms with Crippen LogP contribution in [0.25, 0.3) is 5.57 Å². The highest BCUT2D eigenvalue weighted by atomic mass is 35.5. The van der Waals surface area contributed by atoms with E-state index in [1.54, 1.807) is 12.4 Å². The van der Waals surface area contributed by atoms with Crippen molar-refractivity contribution in [2.24, 2.45) is 0 Å². The number of aliphatic hydroxyl groups is 1. The molecule has 2 aliphatic carbocycles. The molecule has 0 radical (unpaired) electrons. The van der Waals surface area contributed by atoms with E-state index in [9.17, 15) is 9.32 Å². The van der Waals surface area contributed by atoms with Crippen LogP contribution >= 0.6 is 11.6 Å². The molecule has 2 bridgehead atoms. The minimum Gasteiger partial charge on any atom is -0.394 e. The monoisotopic (exact) mass is 486 g/mol. The van der Waals surface area contributed by atoms with Gasteiger partial charge in [-0.15, -0.1) is 0 Å². The van der Waals surface area contributed by atoms with Gasteiger partial charge in [-0.25, -0.2) is 15.0 Å². The van der Waals surface area contributed by atoms with Crippen LogP contribution in [0.1, 0.15) is 56.5 Å². The number of aliphatic hydroxyl groups excluding tert-OH is 1. The van der Waals surface area contributed by atoms with Crippen molar-refractivity contribution < 1.29 is 9.32 Å². The largest absolute Gasteiger partial charge is 0.394 e. The predicted molar refractivity (Wildman–Crippen MR) is 128 cm³/mol. The second kappa shape index (κ2) is 8.29. The maximum Gasteiger partial charge on any atom is 0.228 e. The van der Waals surface area contributed by atoms with Crippen LogP contribution in [0, 0.1) is 0 Å². The Labute approximate surface area is 200 Å². The zero-order valence-corrected chi connectivity index (χ0v) is 19.9. The Kier molecular flexibility index (Phi) is 5.38. The van der Waals surface area contributed by atoms with Gasteiger partial charge in [0.05, 0.1) is 39.7 Å². The summed E-state index contributed by atoms with van der Waals surface area (Å²) in [6.45, 7) is 0.0515. The van der Waals surface area contributed by atoms with Gasteiger partial charge in [0.2, 0.25) is 5.95 Å². The number of hydrogen-bond donors (Lipinski definition) is 2. The van der Waals surface area contributed by atoms with E-state index in [2.05, 4.69) is 26.3 Å². The van der Waals surface area contributed by atoms with Crippen molar-refractivity contribution in [3.8, 4) is 0 Å². The first-order valence-electron chi connectivity index (χ1n) is 11.7. The van der Waals surface area contributed by atoms with E-state index in [0.29, 0.717) is 22.5 Å². The third-order valence-corrected chi connectivity index (χ3v) is 9.13. The van der Waals surface area contributed by atoms with Crippen molar-refractivity contribution in [3.63, 3.8) is 0 Å². The van der Waals surface area contributed by atoms with E-state index in [4.69, 9.17) is 21.6 Å². The summed E-state index contributed by atoms with van der Waals surface area (Å²) in [5.41, 5.74) is 1.66. The van der Waals surface area contributed by atoms with E-state index in [1.165, 1.54) is 0 Å². The number of hydrogen-bond acceptors (Lipinski definition) is 8. The first-order valence-corrected chi connectivity index (χ1v) is 13.4. The smallest absolute Gasteiger partial charge is 0.228 e. The van der Waals surface area contributed by atoms with Crippen molar-refractivity contribution in [1.29, 1.82) is 0 Å². The van der Waals surface area contributed by atoms with Gasteiger partial charge in [0.1, 0.15) is 10.7 Å². The molecule has 5 aliphatic rings. The summed E-state index contributed by atoms with van der Waals surface area (Å²) in [4.78, 5) is 21.6. The first kappa shape index (κ1) is 21.4. The second-order valence-corrected chi connectivity index (χ2v) is 11.5. The molecule has 3 aliphatic heterocycles. The van der Waals surface area contributed by atoms with Crippen LogP contribution in [0.2, 0.25) is 5.02 Å². The molecule has 1 saturated heterocycles. The molecule has 2 N–H and O–H groups in total. The molecule has 3 atom stereocenters. The fourth-order valence-electron chi connectivity index (χ4n) is 5.38. The quantitative estimate of drug-likeness (QED) is 0.664. The number of fused-ring (bicyclic) bond motifs is 2. The lowest BCUT2D eigenvalue weighted by molar-refractivity contribution is 0.143. The summed E-state index contributed by atoms with van der Waals surface area (Å²) in [5, 5.41) is 14.1. The molecule has 10 heteroatoms. The average molecular weight is 487 g/mol. The molecular weight excluding hydrogens is 460 g/mol. The summed E-state index contributed by atoms with van der Waals surface area (Å²) >= 11 is 5.94. The molecule has 0 aromatic carbocycles. The van der Waals surface area contributed by atoms with Crippen molar-refractivity contribution in [1.82, 2.24) is 19.9 Å². The minimum atomic E-state index is -1.13. The normalized spacial score (nSPS) is 27.5. The van der Waals surface area contributed by atoms with Gasteiger partial charge in [-0.2, -0.15) is 4.98 Å². The van der Waals surface area contributed by atoms with Crippen LogP contribution in [0.4, 0.5) is 11.8 Å². The van der Waals surface area contributed by atoms with E-state index < -0.39 is 10.8 Å². The maximum absolute atomic E-state index is 13.1. The number of nitrogens with one attached hydrogen (secondary N) is 1. The lowest BCUT2D eigenvalue weighted by Crippen LogP contribution is -2.58. The summed E-state index contributed by atoms with van der Waals surface area (Å²) in [6, 6.07) is 0.475. The Bertz CT molecular complexity index is 1130. The molecule has 7 rings (SSSR count). The summed E-state index contributed by atoms with van der Waals surface area (Å²) in [5.74, 6) is 2.71. The van der Waals surface area contributed by atoms with Gasteiger partial charge < -0.3 is 15.3 Å². The van der Waals surface area contributed by atoms with Crippen LogP contribution in [0.3, 0.4) is 0 Å². The van der Waals surface area contributed by atoms with Gasteiger partial charge >= 0.3 is 0 Å². The maximum atomic E-state index is 13.1. The molecule has 2 fully saturated rings. The summed E-state index contributed by atoms with van der Waals surface area (Å²) in [7, 11) is -1.13. The van der Waals surface area contributed by atoms with Gasteiger partial charge in [0, 0.05) is 24.2 Å². The van der Waals surface area contributed by atoms with Crippen LogP contribution in [-0.2, 0) is 17.2 Å². The Morgan fingerprint density at radius 2 is 2.03 bits per heavy atom. The average Bonchev–Trinajstić information content (AvgIpc) is 2.98. The Hall–Kier alpha value is -2.10. The Morgan fingerprint density at radius 3 is 2.70 bits per heavy atom. The van der Waals surface area contributed by atoms with Crippen LogP contribution in [0.15, 0.2) is 23.4 Å². The zero-order chi connectivity index (χ0) is 22.6. The molecule has 33 heavy (non-hydrogen) atoms. The molecular formula is C23H27ClN6O2S. The Morgan fingerprint density at radius 1 is 1.21 bits per heavy atom. The molecule has 5 heterocycles. The summed E-state index contributed by atoms with van der Waals surface area (Å²) < 4.78 is 13.1. The van der Waals surface area contributed by atoms with Gasteiger partial charge in [-0.3, -0.25) is 4.21 Å². The highest BCUT2D eigenvalue weighted by molar-refractivity contribution is 7.85. The Balaban J connectivity index is 1.35. The van der Waals surface area contributed by atoms with Crippen LogP contribution in [0.5, 0.6) is 0 Å². The van der Waals surface area contributed by atoms with Crippen molar-refractivity contribution in [3.05, 3.63) is 35.0 Å². The summed E-state index contributed by atoms with van der Waals surface area (Å²) in [6.07, 6.45) is 12.9. The number of anilines is 2. The van der Waals surface area contributed by atoms with Crippen molar-refractivity contribution in [2.45, 2.75) is 73.9 Å². The molecule has 0 spiro atoms. The first-order chi connectivity index (χ1) is 16.0. The minimum absolute atomic E-state index is 0.0515. The molecule has 174 valence electrons. The SMILES string of the molecule is O=[S@]1CCCCc2nc(N3C4C=C(c5ncc(Cl)cn5)CC3C4)nc(NC3(CO)CCC3)c21. The predicted octanol–water partition coefficient (Wildman–Crippen LogP) is 3.13. The molecule has 8 nitrogen and oxygen atoms in total. The molecule has 1 saturated carbocycles. The number of halogens is 1. The van der Waals surface area contributed by atoms with Gasteiger partial charge in [-0.1, -0.05) is 17.7 Å². The van der Waals surface area contributed by atoms with E-state index in [0.717, 1.165) is 73.4 Å². The third kappa shape index (κ3) is 3.74. The fraction of sp³-hybridized carbons (Fsp3) is 0.565. The van der Waals surface area contributed by atoms with Crippen LogP contribution < -0.4 is 10.2 Å². The highest BCUT2D eigenvalue weighted by Gasteiger charge is 2.45. The molecule has 2 unspecified atom stereocenters. The lowest BCUT2D eigenvalue weighted by atomic mass is 9.77. The van der Waals surface area contributed by atoms with Crippen LogP contribution in [-0.4, -0.2) is 59.2 Å². The van der Waals surface area contributed by atoms with E-state index >= 15 is 0 Å². The zero-order valence-electron chi connectivity index (χ0n) is 18.3. The highest BCUT2D eigenvalue weighted by Crippen LogP contribution is 2.44. The standard InChI is InChI=1S/C23H27ClN6O2S/c24-15-11-25-20(26-12-15)14-8-16-10-17(9-14)30(16)22-27-18-4-1-2-7-33(32)19(18)21(28-22)29-23(13-31)5-3-6-23/h8,11-12,16-17,31H,1-7,9-10,13H2,(H,27,28,29)/t16?,17?,33-/m0/s1. The molecule has 2 aromatic rings. The molecule has 0 amide bonds. The lowest BCUT2D eigenvalue weighted by Gasteiger charge is -2.51. The van der Waals surface area contributed by atoms with E-state index in [-0.39, 0.29) is 24.2 Å². The third-order valence-electron chi connectivity index (χ3n) is 7.39.